The Morgan fingerprint density at radius 1 is 1.45 bits per heavy atom. The number of hydrogen-bond donors (Lipinski definition) is 1. The van der Waals surface area contributed by atoms with Gasteiger partial charge in [0, 0.05) is 0 Å². The van der Waals surface area contributed by atoms with Crippen LogP contribution >= 0.6 is 15.9 Å². The molecule has 20 heavy (non-hydrogen) atoms. The monoisotopic (exact) mass is 343 g/mol. The summed E-state index contributed by atoms with van der Waals surface area (Å²) >= 11 is 3.24. The summed E-state index contributed by atoms with van der Waals surface area (Å²) in [7, 11) is 1.46. The second-order valence-electron chi connectivity index (χ2n) is 3.68. The average Bonchev–Trinajstić information content (AvgIpc) is 2.88. The van der Waals surface area contributed by atoms with Crippen LogP contribution in [0.2, 0.25) is 0 Å². The fraction of sp³-hybridized carbons (Fsp3) is 0.250. The minimum atomic E-state index is -0.676. The number of ether oxygens (including phenoxy) is 2. The Bertz CT molecular complexity index is 645. The van der Waals surface area contributed by atoms with Gasteiger partial charge in [-0.2, -0.15) is 10.3 Å². The van der Waals surface area contributed by atoms with E-state index in [2.05, 4.69) is 31.3 Å². The van der Waals surface area contributed by atoms with Crippen molar-refractivity contribution in [3.8, 4) is 17.0 Å². The number of esters is 1. The minimum Gasteiger partial charge on any atom is -0.496 e. The zero-order chi connectivity index (χ0) is 14.7. The van der Waals surface area contributed by atoms with Gasteiger partial charge in [0.05, 0.1) is 23.8 Å². The van der Waals surface area contributed by atoms with Crippen LogP contribution in [0.3, 0.4) is 0 Å². The number of rotatable bonds is 4. The summed E-state index contributed by atoms with van der Waals surface area (Å²) in [6.07, 6.45) is 0. The molecular formula is C12H11BrFN3O3. The lowest BCUT2D eigenvalue weighted by Crippen LogP contribution is -2.07. The number of methoxy groups -OCH3 is 1. The van der Waals surface area contributed by atoms with E-state index in [9.17, 15) is 9.18 Å². The largest absolute Gasteiger partial charge is 0.496 e. The number of aromatic amines is 1. The lowest BCUT2D eigenvalue weighted by Gasteiger charge is -2.09. The number of nitrogens with one attached hydrogen (secondary N) is 1. The van der Waals surface area contributed by atoms with Gasteiger partial charge in [0.2, 0.25) is 0 Å². The van der Waals surface area contributed by atoms with E-state index in [1.54, 1.807) is 6.92 Å². The van der Waals surface area contributed by atoms with Gasteiger partial charge in [-0.1, -0.05) is 0 Å². The minimum absolute atomic E-state index is 0.0618. The molecule has 0 aliphatic heterocycles. The molecule has 0 bridgehead atoms. The highest BCUT2D eigenvalue weighted by Crippen LogP contribution is 2.37. The molecule has 0 radical (unpaired) electrons. The second kappa shape index (κ2) is 6.00. The number of nitrogens with zero attached hydrogens (tertiary/aromatic N) is 2. The number of carbonyl (C=O) groups excluding carboxylic acids is 1. The fourth-order valence-electron chi connectivity index (χ4n) is 1.66. The molecule has 0 saturated carbocycles. The zero-order valence-electron chi connectivity index (χ0n) is 10.7. The maximum atomic E-state index is 14.0. The van der Waals surface area contributed by atoms with Crippen LogP contribution < -0.4 is 4.74 Å². The smallest absolute Gasteiger partial charge is 0.361 e. The van der Waals surface area contributed by atoms with E-state index in [0.717, 1.165) is 0 Å². The van der Waals surface area contributed by atoms with Crippen molar-refractivity contribution in [3.63, 3.8) is 0 Å². The maximum absolute atomic E-state index is 14.0. The predicted octanol–water partition coefficient (Wildman–Crippen LogP) is 2.56. The molecule has 8 heteroatoms. The van der Waals surface area contributed by atoms with Gasteiger partial charge >= 0.3 is 5.97 Å². The average molecular weight is 344 g/mol. The summed E-state index contributed by atoms with van der Waals surface area (Å²) in [5.74, 6) is -0.818. The van der Waals surface area contributed by atoms with E-state index < -0.39 is 11.8 Å². The first kappa shape index (κ1) is 14.4. The van der Waals surface area contributed by atoms with Crippen LogP contribution in [-0.2, 0) is 4.74 Å². The Hall–Kier alpha value is -1.96. The number of carbonyl (C=O) groups is 1. The normalized spacial score (nSPS) is 10.4. The Labute approximate surface area is 122 Å². The molecule has 2 rings (SSSR count). The number of H-pyrrole nitrogens is 1. The Balaban J connectivity index is 2.58. The second-order valence-corrected chi connectivity index (χ2v) is 4.47. The van der Waals surface area contributed by atoms with Crippen molar-refractivity contribution >= 4 is 21.9 Å². The van der Waals surface area contributed by atoms with Crippen molar-refractivity contribution in [2.45, 2.75) is 6.92 Å². The number of benzene rings is 1. The van der Waals surface area contributed by atoms with Gasteiger partial charge in [-0.3, -0.25) is 0 Å². The molecule has 0 aliphatic carbocycles. The van der Waals surface area contributed by atoms with E-state index in [-0.39, 0.29) is 23.6 Å². The molecule has 0 atom stereocenters. The number of aromatic nitrogens is 3. The lowest BCUT2D eigenvalue weighted by atomic mass is 10.1. The molecule has 0 spiro atoms. The molecular weight excluding hydrogens is 333 g/mol. The molecule has 0 aliphatic rings. The van der Waals surface area contributed by atoms with Crippen LogP contribution in [0.5, 0.6) is 5.75 Å². The Morgan fingerprint density at radius 3 is 2.85 bits per heavy atom. The zero-order valence-corrected chi connectivity index (χ0v) is 12.3. The van der Waals surface area contributed by atoms with Crippen LogP contribution in [0, 0.1) is 5.82 Å². The van der Waals surface area contributed by atoms with E-state index in [4.69, 9.17) is 9.47 Å². The fourth-order valence-corrected chi connectivity index (χ4v) is 2.33. The first-order chi connectivity index (χ1) is 9.60. The summed E-state index contributed by atoms with van der Waals surface area (Å²) in [6.45, 7) is 1.85. The molecule has 6 nitrogen and oxygen atoms in total. The van der Waals surface area contributed by atoms with Crippen molar-refractivity contribution in [2.24, 2.45) is 0 Å². The first-order valence-corrected chi connectivity index (χ1v) is 6.49. The summed E-state index contributed by atoms with van der Waals surface area (Å²) in [6, 6.07) is 2.69. The third kappa shape index (κ3) is 2.51. The Kier molecular flexibility index (Phi) is 4.33. The van der Waals surface area contributed by atoms with Crippen molar-refractivity contribution in [1.82, 2.24) is 15.4 Å². The van der Waals surface area contributed by atoms with E-state index in [0.29, 0.717) is 10.2 Å². The lowest BCUT2D eigenvalue weighted by molar-refractivity contribution is 0.0520. The number of halogens is 2. The third-order valence-electron chi connectivity index (χ3n) is 2.53. The Morgan fingerprint density at radius 2 is 2.20 bits per heavy atom. The topological polar surface area (TPSA) is 77.1 Å². The van der Waals surface area contributed by atoms with Crippen LogP contribution in [-0.4, -0.2) is 35.1 Å². The maximum Gasteiger partial charge on any atom is 0.361 e. The van der Waals surface area contributed by atoms with Gasteiger partial charge in [0.25, 0.3) is 0 Å². The van der Waals surface area contributed by atoms with Gasteiger partial charge in [-0.25, -0.2) is 9.18 Å². The van der Waals surface area contributed by atoms with Crippen molar-refractivity contribution in [2.75, 3.05) is 13.7 Å². The molecule has 2 aromatic rings. The summed E-state index contributed by atoms with van der Waals surface area (Å²) in [5, 5.41) is 9.83. The highest BCUT2D eigenvalue weighted by Gasteiger charge is 2.24. The molecule has 1 aromatic carbocycles. The van der Waals surface area contributed by atoms with Crippen molar-refractivity contribution in [1.29, 1.82) is 0 Å². The summed E-state index contributed by atoms with van der Waals surface area (Å²) in [5.41, 5.74) is 0.0626. The standard InChI is InChI=1S/C12H11BrFN3O3/c1-3-20-12(18)11-10(15-17-16-11)8-6(14)4-5-7(19-2)9(8)13/h4-5H,3H2,1-2H3,(H,15,16,17). The van der Waals surface area contributed by atoms with Gasteiger partial charge in [0.1, 0.15) is 17.3 Å². The summed E-state index contributed by atoms with van der Waals surface area (Å²) in [4.78, 5) is 11.8. The number of hydrogen-bond acceptors (Lipinski definition) is 5. The molecule has 1 N–H and O–H groups in total. The van der Waals surface area contributed by atoms with Crippen LogP contribution in [0.1, 0.15) is 17.4 Å². The van der Waals surface area contributed by atoms with Crippen molar-refractivity contribution < 1.29 is 18.7 Å². The highest BCUT2D eigenvalue weighted by molar-refractivity contribution is 9.10. The molecule has 0 unspecified atom stereocenters. The molecule has 0 fully saturated rings. The van der Waals surface area contributed by atoms with Gasteiger partial charge in [-0.05, 0) is 35.0 Å². The molecule has 1 aromatic heterocycles. The highest BCUT2D eigenvalue weighted by atomic mass is 79.9. The third-order valence-corrected chi connectivity index (χ3v) is 3.32. The molecule has 0 saturated heterocycles. The van der Waals surface area contributed by atoms with Crippen LogP contribution in [0.4, 0.5) is 4.39 Å². The molecule has 1 heterocycles. The van der Waals surface area contributed by atoms with Gasteiger partial charge in [0.15, 0.2) is 5.69 Å². The summed E-state index contributed by atoms with van der Waals surface area (Å²) < 4.78 is 24.3. The SMILES string of the molecule is CCOC(=O)c1n[nH]nc1-c1c(F)ccc(OC)c1Br. The molecule has 0 amide bonds. The first-order valence-electron chi connectivity index (χ1n) is 5.70. The van der Waals surface area contributed by atoms with E-state index in [1.807, 2.05) is 0 Å². The quantitative estimate of drug-likeness (QED) is 0.863. The van der Waals surface area contributed by atoms with E-state index in [1.165, 1.54) is 19.2 Å². The van der Waals surface area contributed by atoms with Crippen LogP contribution in [0.25, 0.3) is 11.3 Å². The van der Waals surface area contributed by atoms with Gasteiger partial charge in [-0.15, -0.1) is 5.10 Å². The van der Waals surface area contributed by atoms with Crippen LogP contribution in [0.15, 0.2) is 16.6 Å². The van der Waals surface area contributed by atoms with E-state index >= 15 is 0 Å². The predicted molar refractivity (Wildman–Crippen MR) is 72.0 cm³/mol. The van der Waals surface area contributed by atoms with Gasteiger partial charge < -0.3 is 9.47 Å². The van der Waals surface area contributed by atoms with Crippen molar-refractivity contribution in [3.05, 3.63) is 28.1 Å². The molecule has 106 valence electrons.